The van der Waals surface area contributed by atoms with Crippen molar-refractivity contribution in [2.75, 3.05) is 4.90 Å². The standard InChI is InChI=1S/C28H19N3/c1-2-8-18(9-3-1)31-24-13-7-6-11-20(24)23-15-14-21-19-10-4-5-12-22(19)26-27(25(21)28(23)31)30-17-16-29-26/h1-17,20,24H. The summed E-state index contributed by atoms with van der Waals surface area (Å²) in [4.78, 5) is 12.1. The minimum absolute atomic E-state index is 0.256. The number of hydrogen-bond acceptors (Lipinski definition) is 3. The Hall–Kier alpha value is -3.98. The highest BCUT2D eigenvalue weighted by molar-refractivity contribution is 6.27. The molecule has 1 aliphatic heterocycles. The normalized spacial score (nSPS) is 19.3. The SMILES string of the molecule is C1=CC2c3ccc4c5ccccc5c5nccnc5c4c3N(c3ccccc3)C2C=C1. The van der Waals surface area contributed by atoms with E-state index in [9.17, 15) is 0 Å². The highest BCUT2D eigenvalue weighted by atomic mass is 15.2. The molecule has 0 amide bonds. The number of allylic oxidation sites excluding steroid dienone is 2. The number of aromatic nitrogens is 2. The summed E-state index contributed by atoms with van der Waals surface area (Å²) < 4.78 is 0. The number of para-hydroxylation sites is 1. The van der Waals surface area contributed by atoms with Gasteiger partial charge in [-0.25, -0.2) is 0 Å². The van der Waals surface area contributed by atoms with Crippen molar-refractivity contribution in [3.63, 3.8) is 0 Å². The molecule has 3 nitrogen and oxygen atoms in total. The van der Waals surface area contributed by atoms with Crippen LogP contribution < -0.4 is 4.90 Å². The molecule has 0 N–H and O–H groups in total. The maximum Gasteiger partial charge on any atom is 0.0992 e. The molecule has 0 saturated carbocycles. The van der Waals surface area contributed by atoms with E-state index in [0.717, 1.165) is 16.4 Å². The molecule has 0 fully saturated rings. The molecule has 146 valence electrons. The second kappa shape index (κ2) is 6.26. The van der Waals surface area contributed by atoms with Gasteiger partial charge in [-0.1, -0.05) is 78.9 Å². The molecular weight excluding hydrogens is 378 g/mol. The molecule has 0 spiro atoms. The third kappa shape index (κ3) is 2.23. The van der Waals surface area contributed by atoms with Gasteiger partial charge in [0.05, 0.1) is 22.8 Å². The lowest BCUT2D eigenvalue weighted by Crippen LogP contribution is -2.28. The van der Waals surface area contributed by atoms with Crippen LogP contribution in [-0.4, -0.2) is 16.0 Å². The van der Waals surface area contributed by atoms with E-state index in [-0.39, 0.29) is 6.04 Å². The van der Waals surface area contributed by atoms with E-state index in [2.05, 4.69) is 95.9 Å². The van der Waals surface area contributed by atoms with E-state index in [1.165, 1.54) is 33.1 Å². The minimum Gasteiger partial charge on any atom is -0.333 e. The molecule has 31 heavy (non-hydrogen) atoms. The van der Waals surface area contributed by atoms with Gasteiger partial charge in [0.15, 0.2) is 0 Å². The minimum atomic E-state index is 0.256. The summed E-state index contributed by atoms with van der Waals surface area (Å²) in [5.41, 5.74) is 5.75. The van der Waals surface area contributed by atoms with Crippen molar-refractivity contribution in [3.8, 4) is 0 Å². The van der Waals surface area contributed by atoms with Gasteiger partial charge in [0.25, 0.3) is 0 Å². The van der Waals surface area contributed by atoms with Gasteiger partial charge < -0.3 is 4.90 Å². The molecule has 1 aromatic heterocycles. The second-order valence-corrected chi connectivity index (χ2v) is 8.22. The lowest BCUT2D eigenvalue weighted by Gasteiger charge is -2.29. The second-order valence-electron chi connectivity index (χ2n) is 8.22. The Balaban J connectivity index is 1.70. The van der Waals surface area contributed by atoms with E-state index in [1.807, 2.05) is 6.20 Å². The van der Waals surface area contributed by atoms with Crippen molar-refractivity contribution in [1.29, 1.82) is 0 Å². The molecule has 2 unspecified atom stereocenters. The Morgan fingerprint density at radius 2 is 1.39 bits per heavy atom. The van der Waals surface area contributed by atoms with Gasteiger partial charge in [0.1, 0.15) is 0 Å². The fourth-order valence-electron chi connectivity index (χ4n) is 5.41. The summed E-state index contributed by atoms with van der Waals surface area (Å²) in [6.45, 7) is 0. The zero-order chi connectivity index (χ0) is 20.4. The van der Waals surface area contributed by atoms with E-state index in [1.54, 1.807) is 6.20 Å². The number of fused-ring (bicyclic) bond motifs is 10. The number of hydrogen-bond donors (Lipinski definition) is 0. The molecule has 0 saturated heterocycles. The van der Waals surface area contributed by atoms with Crippen LogP contribution in [0.15, 0.2) is 103 Å². The third-order valence-electron chi connectivity index (χ3n) is 6.65. The van der Waals surface area contributed by atoms with E-state index >= 15 is 0 Å². The summed E-state index contributed by atoms with van der Waals surface area (Å²) in [6.07, 6.45) is 12.6. The first-order chi connectivity index (χ1) is 15.4. The molecule has 4 aromatic carbocycles. The van der Waals surface area contributed by atoms with Gasteiger partial charge >= 0.3 is 0 Å². The summed E-state index contributed by atoms with van der Waals surface area (Å²) in [6, 6.07) is 24.1. The molecule has 5 aromatic rings. The van der Waals surface area contributed by atoms with Crippen LogP contribution in [0.3, 0.4) is 0 Å². The predicted octanol–water partition coefficient (Wildman–Crippen LogP) is 6.67. The van der Waals surface area contributed by atoms with E-state index in [0.29, 0.717) is 5.92 Å². The first-order valence-electron chi connectivity index (χ1n) is 10.7. The summed E-state index contributed by atoms with van der Waals surface area (Å²) in [7, 11) is 0. The molecule has 7 rings (SSSR count). The average molecular weight is 397 g/mol. The smallest absolute Gasteiger partial charge is 0.0992 e. The Morgan fingerprint density at radius 1 is 0.645 bits per heavy atom. The molecule has 2 atom stereocenters. The van der Waals surface area contributed by atoms with Crippen LogP contribution in [0.4, 0.5) is 11.4 Å². The van der Waals surface area contributed by atoms with Gasteiger partial charge in [-0.05, 0) is 28.5 Å². The summed E-state index contributed by atoms with van der Waals surface area (Å²) in [5.74, 6) is 0.322. The molecule has 3 heteroatoms. The van der Waals surface area contributed by atoms with Crippen molar-refractivity contribution in [2.45, 2.75) is 12.0 Å². The lowest BCUT2D eigenvalue weighted by molar-refractivity contribution is 0.745. The molecule has 0 radical (unpaired) electrons. The van der Waals surface area contributed by atoms with Gasteiger partial charge in [0.2, 0.25) is 0 Å². The molecule has 1 aliphatic carbocycles. The zero-order valence-corrected chi connectivity index (χ0v) is 16.8. The van der Waals surface area contributed by atoms with Crippen molar-refractivity contribution >= 4 is 44.0 Å². The maximum absolute atomic E-state index is 4.86. The molecule has 0 bridgehead atoms. The summed E-state index contributed by atoms with van der Waals surface area (Å²) in [5, 5.41) is 4.80. The Labute approximate surface area is 180 Å². The van der Waals surface area contributed by atoms with E-state index < -0.39 is 0 Å². The van der Waals surface area contributed by atoms with Crippen LogP contribution in [0.2, 0.25) is 0 Å². The van der Waals surface area contributed by atoms with Crippen molar-refractivity contribution in [1.82, 2.24) is 9.97 Å². The molecule has 2 aliphatic rings. The van der Waals surface area contributed by atoms with Crippen LogP contribution in [0, 0.1) is 0 Å². The average Bonchev–Trinajstić information content (AvgIpc) is 3.19. The van der Waals surface area contributed by atoms with Gasteiger partial charge in [0, 0.05) is 34.8 Å². The van der Waals surface area contributed by atoms with Gasteiger partial charge in [-0.3, -0.25) is 9.97 Å². The highest BCUT2D eigenvalue weighted by Gasteiger charge is 2.39. The topological polar surface area (TPSA) is 29.0 Å². The largest absolute Gasteiger partial charge is 0.333 e. The monoisotopic (exact) mass is 397 g/mol. The Morgan fingerprint density at radius 3 is 2.26 bits per heavy atom. The van der Waals surface area contributed by atoms with Crippen molar-refractivity contribution in [3.05, 3.63) is 109 Å². The van der Waals surface area contributed by atoms with E-state index in [4.69, 9.17) is 9.97 Å². The Kier molecular flexibility index (Phi) is 3.39. The quantitative estimate of drug-likeness (QED) is 0.296. The fraction of sp³-hybridized carbons (Fsp3) is 0.0714. The summed E-state index contributed by atoms with van der Waals surface area (Å²) >= 11 is 0. The third-order valence-corrected chi connectivity index (χ3v) is 6.65. The first kappa shape index (κ1) is 16.8. The number of rotatable bonds is 1. The zero-order valence-electron chi connectivity index (χ0n) is 16.8. The van der Waals surface area contributed by atoms with Crippen LogP contribution in [0.1, 0.15) is 11.5 Å². The predicted molar refractivity (Wildman–Crippen MR) is 128 cm³/mol. The van der Waals surface area contributed by atoms with Crippen molar-refractivity contribution < 1.29 is 0 Å². The highest BCUT2D eigenvalue weighted by Crippen LogP contribution is 2.52. The number of nitrogens with zero attached hydrogens (tertiary/aromatic N) is 3. The molecule has 2 heterocycles. The van der Waals surface area contributed by atoms with Crippen LogP contribution >= 0.6 is 0 Å². The Bertz CT molecular complexity index is 1510. The fourth-order valence-corrected chi connectivity index (χ4v) is 5.41. The van der Waals surface area contributed by atoms with Crippen LogP contribution in [0.25, 0.3) is 32.6 Å². The number of benzene rings is 4. The molecular formula is C28H19N3. The van der Waals surface area contributed by atoms with Crippen LogP contribution in [0.5, 0.6) is 0 Å². The van der Waals surface area contributed by atoms with Crippen molar-refractivity contribution in [2.24, 2.45) is 0 Å². The first-order valence-corrected chi connectivity index (χ1v) is 10.7. The van der Waals surface area contributed by atoms with Gasteiger partial charge in [-0.15, -0.1) is 0 Å². The maximum atomic E-state index is 4.86. The van der Waals surface area contributed by atoms with Crippen LogP contribution in [-0.2, 0) is 0 Å². The van der Waals surface area contributed by atoms with Gasteiger partial charge in [-0.2, -0.15) is 0 Å². The lowest BCUT2D eigenvalue weighted by atomic mass is 9.89. The number of anilines is 2.